The van der Waals surface area contributed by atoms with Crippen molar-refractivity contribution in [3.05, 3.63) is 18.2 Å². The van der Waals surface area contributed by atoms with E-state index in [9.17, 15) is 0 Å². The van der Waals surface area contributed by atoms with Gasteiger partial charge in [-0.05, 0) is 39.1 Å². The van der Waals surface area contributed by atoms with Gasteiger partial charge in [0.2, 0.25) is 0 Å². The van der Waals surface area contributed by atoms with E-state index in [0.29, 0.717) is 12.4 Å². The van der Waals surface area contributed by atoms with Gasteiger partial charge in [-0.15, -0.1) is 24.0 Å². The quantitative estimate of drug-likeness (QED) is 0.316. The minimum atomic E-state index is 0. The first-order chi connectivity index (χ1) is 11.6. The van der Waals surface area contributed by atoms with Crippen LogP contribution in [0.2, 0.25) is 0 Å². The molecule has 144 valence electrons. The van der Waals surface area contributed by atoms with E-state index in [2.05, 4.69) is 34.5 Å². The Labute approximate surface area is 169 Å². The van der Waals surface area contributed by atoms with Gasteiger partial charge in [-0.3, -0.25) is 4.99 Å². The number of nitrogens with zero attached hydrogens (tertiary/aromatic N) is 2. The summed E-state index contributed by atoms with van der Waals surface area (Å²) in [7, 11) is 5.55. The molecular weight excluding hydrogens is 431 g/mol. The SMILES string of the molecule is CCCCN(C)CCNC(=NC)Nc1ccc(OCC)c(OC)c1.I. The van der Waals surface area contributed by atoms with Gasteiger partial charge in [0, 0.05) is 31.9 Å². The van der Waals surface area contributed by atoms with E-state index in [0.717, 1.165) is 37.0 Å². The molecule has 0 radical (unpaired) electrons. The summed E-state index contributed by atoms with van der Waals surface area (Å²) in [6.45, 7) is 7.72. The first-order valence-electron chi connectivity index (χ1n) is 8.61. The van der Waals surface area contributed by atoms with Crippen molar-refractivity contribution in [1.82, 2.24) is 10.2 Å². The van der Waals surface area contributed by atoms with Crippen LogP contribution in [0.3, 0.4) is 0 Å². The lowest BCUT2D eigenvalue weighted by Crippen LogP contribution is -2.37. The van der Waals surface area contributed by atoms with E-state index in [4.69, 9.17) is 9.47 Å². The van der Waals surface area contributed by atoms with Crippen LogP contribution >= 0.6 is 24.0 Å². The Balaban J connectivity index is 0.00000576. The smallest absolute Gasteiger partial charge is 0.195 e. The number of guanidine groups is 1. The average Bonchev–Trinajstić information content (AvgIpc) is 2.60. The van der Waals surface area contributed by atoms with Crippen LogP contribution in [0.25, 0.3) is 0 Å². The van der Waals surface area contributed by atoms with Crippen LogP contribution < -0.4 is 20.1 Å². The van der Waals surface area contributed by atoms with Gasteiger partial charge >= 0.3 is 0 Å². The average molecular weight is 464 g/mol. The Morgan fingerprint density at radius 3 is 2.56 bits per heavy atom. The minimum absolute atomic E-state index is 0. The fraction of sp³-hybridized carbons (Fsp3) is 0.611. The zero-order valence-corrected chi connectivity index (χ0v) is 18.4. The van der Waals surface area contributed by atoms with Crippen molar-refractivity contribution in [2.45, 2.75) is 26.7 Å². The molecule has 1 rings (SSSR count). The van der Waals surface area contributed by atoms with Gasteiger partial charge in [-0.2, -0.15) is 0 Å². The van der Waals surface area contributed by atoms with Crippen molar-refractivity contribution in [3.8, 4) is 11.5 Å². The minimum Gasteiger partial charge on any atom is -0.493 e. The van der Waals surface area contributed by atoms with Crippen LogP contribution in [-0.2, 0) is 0 Å². The summed E-state index contributed by atoms with van der Waals surface area (Å²) >= 11 is 0. The van der Waals surface area contributed by atoms with E-state index in [1.807, 2.05) is 25.1 Å². The predicted molar refractivity (Wildman–Crippen MR) is 117 cm³/mol. The first kappa shape index (κ1) is 23.8. The zero-order valence-electron chi connectivity index (χ0n) is 16.1. The molecule has 0 bridgehead atoms. The molecular formula is C18H33IN4O2. The highest BCUT2D eigenvalue weighted by Crippen LogP contribution is 2.30. The molecule has 0 unspecified atom stereocenters. The highest BCUT2D eigenvalue weighted by molar-refractivity contribution is 14.0. The van der Waals surface area contributed by atoms with Crippen LogP contribution in [0.15, 0.2) is 23.2 Å². The van der Waals surface area contributed by atoms with Gasteiger partial charge < -0.3 is 25.0 Å². The fourth-order valence-electron chi connectivity index (χ4n) is 2.24. The van der Waals surface area contributed by atoms with Gasteiger partial charge in [0.1, 0.15) is 0 Å². The number of aliphatic imine (C=N–C) groups is 1. The molecule has 2 N–H and O–H groups in total. The molecule has 0 spiro atoms. The predicted octanol–water partition coefficient (Wildman–Crippen LogP) is 3.43. The molecule has 1 aromatic carbocycles. The Morgan fingerprint density at radius 1 is 1.20 bits per heavy atom. The number of hydrogen-bond acceptors (Lipinski definition) is 4. The Kier molecular flexibility index (Phi) is 13.3. The van der Waals surface area contributed by atoms with Crippen molar-refractivity contribution in [3.63, 3.8) is 0 Å². The second-order valence-electron chi connectivity index (χ2n) is 5.58. The van der Waals surface area contributed by atoms with Crippen molar-refractivity contribution in [2.24, 2.45) is 4.99 Å². The van der Waals surface area contributed by atoms with E-state index >= 15 is 0 Å². The summed E-state index contributed by atoms with van der Waals surface area (Å²) in [4.78, 5) is 6.58. The number of likely N-dealkylation sites (N-methyl/N-ethyl adjacent to an activating group) is 1. The summed E-state index contributed by atoms with van der Waals surface area (Å²) in [5.41, 5.74) is 0.905. The number of ether oxygens (including phenoxy) is 2. The van der Waals surface area contributed by atoms with Gasteiger partial charge in [0.25, 0.3) is 0 Å². The molecule has 0 heterocycles. The molecule has 0 aliphatic carbocycles. The van der Waals surface area contributed by atoms with Gasteiger partial charge in [0.05, 0.1) is 13.7 Å². The van der Waals surface area contributed by atoms with Gasteiger partial charge in [0.15, 0.2) is 17.5 Å². The molecule has 1 aromatic rings. The molecule has 25 heavy (non-hydrogen) atoms. The third kappa shape index (κ3) is 9.15. The van der Waals surface area contributed by atoms with Crippen LogP contribution in [0.5, 0.6) is 11.5 Å². The Bertz CT molecular complexity index is 512. The summed E-state index contributed by atoms with van der Waals surface area (Å²) in [6.07, 6.45) is 2.45. The summed E-state index contributed by atoms with van der Waals surface area (Å²) < 4.78 is 10.9. The highest BCUT2D eigenvalue weighted by Gasteiger charge is 2.07. The molecule has 0 fully saturated rings. The first-order valence-corrected chi connectivity index (χ1v) is 8.61. The van der Waals surface area contributed by atoms with Crippen LogP contribution in [-0.4, -0.2) is 58.3 Å². The zero-order chi connectivity index (χ0) is 17.8. The molecule has 7 heteroatoms. The number of anilines is 1. The van der Waals surface area contributed by atoms with Crippen LogP contribution in [0, 0.1) is 0 Å². The van der Waals surface area contributed by atoms with E-state index in [-0.39, 0.29) is 24.0 Å². The number of unbranched alkanes of at least 4 members (excludes halogenated alkanes) is 1. The maximum Gasteiger partial charge on any atom is 0.195 e. The topological polar surface area (TPSA) is 58.1 Å². The summed E-state index contributed by atoms with van der Waals surface area (Å²) in [6, 6.07) is 5.76. The third-order valence-corrected chi connectivity index (χ3v) is 3.63. The fourth-order valence-corrected chi connectivity index (χ4v) is 2.24. The maximum absolute atomic E-state index is 5.53. The molecule has 0 amide bonds. The van der Waals surface area contributed by atoms with E-state index < -0.39 is 0 Å². The van der Waals surface area contributed by atoms with Gasteiger partial charge in [-0.25, -0.2) is 0 Å². The number of nitrogens with one attached hydrogen (secondary N) is 2. The van der Waals surface area contributed by atoms with Crippen molar-refractivity contribution < 1.29 is 9.47 Å². The molecule has 0 atom stereocenters. The molecule has 0 aromatic heterocycles. The Morgan fingerprint density at radius 2 is 1.96 bits per heavy atom. The lowest BCUT2D eigenvalue weighted by molar-refractivity contribution is 0.311. The van der Waals surface area contributed by atoms with Crippen molar-refractivity contribution in [1.29, 1.82) is 0 Å². The van der Waals surface area contributed by atoms with E-state index in [1.54, 1.807) is 14.2 Å². The summed E-state index contributed by atoms with van der Waals surface area (Å²) in [5, 5.41) is 6.60. The lowest BCUT2D eigenvalue weighted by atomic mass is 10.2. The Hall–Kier alpha value is -1.22. The van der Waals surface area contributed by atoms with Crippen molar-refractivity contribution >= 4 is 35.6 Å². The standard InChI is InChI=1S/C18H32N4O2.HI/c1-6-8-12-22(4)13-11-20-18(19-3)21-15-9-10-16(24-7-2)17(14-15)23-5;/h9-10,14H,6-8,11-13H2,1-5H3,(H2,19,20,21);1H. The van der Waals surface area contributed by atoms with Gasteiger partial charge in [-0.1, -0.05) is 13.3 Å². The molecule has 0 aliphatic rings. The lowest BCUT2D eigenvalue weighted by Gasteiger charge is -2.18. The maximum atomic E-state index is 5.53. The second-order valence-corrected chi connectivity index (χ2v) is 5.58. The second kappa shape index (κ2) is 14.0. The number of methoxy groups -OCH3 is 1. The largest absolute Gasteiger partial charge is 0.493 e. The number of hydrogen-bond donors (Lipinski definition) is 2. The number of benzene rings is 1. The van der Waals surface area contributed by atoms with Crippen LogP contribution in [0.1, 0.15) is 26.7 Å². The highest BCUT2D eigenvalue weighted by atomic mass is 127. The number of rotatable bonds is 10. The molecule has 0 saturated heterocycles. The van der Waals surface area contributed by atoms with Crippen molar-refractivity contribution in [2.75, 3.05) is 52.8 Å². The normalized spacial score (nSPS) is 11.0. The molecule has 0 saturated carbocycles. The molecule has 6 nitrogen and oxygen atoms in total. The van der Waals surface area contributed by atoms with E-state index in [1.165, 1.54) is 12.8 Å². The molecule has 0 aliphatic heterocycles. The number of halogens is 1. The monoisotopic (exact) mass is 464 g/mol. The third-order valence-electron chi connectivity index (χ3n) is 3.63. The van der Waals surface area contributed by atoms with Crippen LogP contribution in [0.4, 0.5) is 5.69 Å². The summed E-state index contributed by atoms with van der Waals surface area (Å²) in [5.74, 6) is 2.19.